The van der Waals surface area contributed by atoms with Crippen molar-refractivity contribution in [1.29, 1.82) is 0 Å². The first-order chi connectivity index (χ1) is 8.07. The van der Waals surface area contributed by atoms with Crippen LogP contribution in [0.4, 0.5) is 0 Å². The summed E-state index contributed by atoms with van der Waals surface area (Å²) < 4.78 is 4.93. The van der Waals surface area contributed by atoms with Crippen molar-refractivity contribution in [2.45, 2.75) is 26.7 Å². The number of ether oxygens (including phenoxy) is 1. The molecule has 0 spiro atoms. The average molecular weight is 232 g/mol. The Morgan fingerprint density at radius 3 is 2.76 bits per heavy atom. The second-order valence-electron chi connectivity index (χ2n) is 4.71. The summed E-state index contributed by atoms with van der Waals surface area (Å²) in [5.41, 5.74) is 1.15. The van der Waals surface area contributed by atoms with E-state index in [-0.39, 0.29) is 18.2 Å². The third-order valence-electron chi connectivity index (χ3n) is 3.23. The van der Waals surface area contributed by atoms with Gasteiger partial charge in [0.15, 0.2) is 5.78 Å². The maximum Gasteiger partial charge on any atom is 0.306 e. The van der Waals surface area contributed by atoms with E-state index in [2.05, 4.69) is 0 Å². The summed E-state index contributed by atoms with van der Waals surface area (Å²) in [6, 6.07) is 7.55. The standard InChI is InChI=1S/C14H16O3/c1-3-17-12(15)9-14(2)8-10-6-4-5-7-11(10)13(14)16/h4-7H,3,8-9H2,1-2H3/t14-/m1/s1. The molecule has 0 amide bonds. The normalized spacial score (nSPS) is 22.4. The number of hydrogen-bond acceptors (Lipinski definition) is 3. The molecule has 2 rings (SSSR count). The molecule has 3 nitrogen and oxygen atoms in total. The fourth-order valence-corrected chi connectivity index (χ4v) is 2.40. The van der Waals surface area contributed by atoms with Crippen molar-refractivity contribution >= 4 is 11.8 Å². The topological polar surface area (TPSA) is 43.4 Å². The molecule has 0 radical (unpaired) electrons. The van der Waals surface area contributed by atoms with Gasteiger partial charge in [-0.1, -0.05) is 31.2 Å². The molecule has 0 fully saturated rings. The molecular formula is C14H16O3. The van der Waals surface area contributed by atoms with E-state index in [1.807, 2.05) is 31.2 Å². The van der Waals surface area contributed by atoms with Crippen LogP contribution in [-0.2, 0) is 16.0 Å². The number of benzene rings is 1. The fourth-order valence-electron chi connectivity index (χ4n) is 2.40. The second-order valence-corrected chi connectivity index (χ2v) is 4.71. The zero-order valence-electron chi connectivity index (χ0n) is 10.2. The van der Waals surface area contributed by atoms with Crippen molar-refractivity contribution in [2.24, 2.45) is 5.41 Å². The van der Waals surface area contributed by atoms with Gasteiger partial charge in [0.05, 0.1) is 13.0 Å². The first kappa shape index (κ1) is 11.8. The van der Waals surface area contributed by atoms with E-state index in [0.717, 1.165) is 11.1 Å². The SMILES string of the molecule is CCOC(=O)C[C@@]1(C)Cc2ccccc2C1=O. The molecule has 0 aliphatic heterocycles. The van der Waals surface area contributed by atoms with Crippen molar-refractivity contribution in [3.63, 3.8) is 0 Å². The molecule has 1 aromatic rings. The Hall–Kier alpha value is -1.64. The fraction of sp³-hybridized carbons (Fsp3) is 0.429. The summed E-state index contributed by atoms with van der Waals surface area (Å²) in [6.45, 7) is 3.97. The molecule has 17 heavy (non-hydrogen) atoms. The van der Waals surface area contributed by atoms with Crippen LogP contribution in [0.5, 0.6) is 0 Å². The van der Waals surface area contributed by atoms with Crippen LogP contribution < -0.4 is 0 Å². The third-order valence-corrected chi connectivity index (χ3v) is 3.23. The molecule has 0 N–H and O–H groups in total. The second kappa shape index (κ2) is 4.32. The molecule has 0 bridgehead atoms. The van der Waals surface area contributed by atoms with Crippen molar-refractivity contribution < 1.29 is 14.3 Å². The van der Waals surface area contributed by atoms with Crippen LogP contribution in [0, 0.1) is 5.41 Å². The van der Waals surface area contributed by atoms with Crippen molar-refractivity contribution in [3.05, 3.63) is 35.4 Å². The van der Waals surface area contributed by atoms with Crippen molar-refractivity contribution in [1.82, 2.24) is 0 Å². The number of hydrogen-bond donors (Lipinski definition) is 0. The summed E-state index contributed by atoms with van der Waals surface area (Å²) >= 11 is 0. The van der Waals surface area contributed by atoms with E-state index in [0.29, 0.717) is 13.0 Å². The number of rotatable bonds is 3. The molecule has 0 saturated heterocycles. The van der Waals surface area contributed by atoms with Gasteiger partial charge in [-0.15, -0.1) is 0 Å². The molecule has 0 heterocycles. The Kier molecular flexibility index (Phi) is 3.01. The number of esters is 1. The van der Waals surface area contributed by atoms with Gasteiger partial charge >= 0.3 is 5.97 Å². The van der Waals surface area contributed by atoms with Crippen LogP contribution in [-0.4, -0.2) is 18.4 Å². The molecular weight excluding hydrogens is 216 g/mol. The highest BCUT2D eigenvalue weighted by Crippen LogP contribution is 2.39. The van der Waals surface area contributed by atoms with Gasteiger partial charge in [-0.05, 0) is 18.9 Å². The lowest BCUT2D eigenvalue weighted by molar-refractivity contribution is -0.145. The number of carbonyl (C=O) groups is 2. The van der Waals surface area contributed by atoms with Gasteiger partial charge < -0.3 is 4.74 Å². The first-order valence-corrected chi connectivity index (χ1v) is 5.85. The summed E-state index contributed by atoms with van der Waals surface area (Å²) in [4.78, 5) is 23.8. The van der Waals surface area contributed by atoms with Gasteiger partial charge in [0, 0.05) is 11.0 Å². The maximum atomic E-state index is 12.3. The van der Waals surface area contributed by atoms with Gasteiger partial charge in [0.2, 0.25) is 0 Å². The quantitative estimate of drug-likeness (QED) is 0.751. The van der Waals surface area contributed by atoms with Gasteiger partial charge in [-0.2, -0.15) is 0 Å². The van der Waals surface area contributed by atoms with E-state index in [4.69, 9.17) is 4.74 Å². The largest absolute Gasteiger partial charge is 0.466 e. The summed E-state index contributed by atoms with van der Waals surface area (Å²) in [6.07, 6.45) is 0.787. The molecule has 90 valence electrons. The highest BCUT2D eigenvalue weighted by molar-refractivity contribution is 6.06. The van der Waals surface area contributed by atoms with Gasteiger partial charge in [-0.3, -0.25) is 9.59 Å². The Labute approximate surface area is 101 Å². The number of fused-ring (bicyclic) bond motifs is 1. The molecule has 0 aromatic heterocycles. The predicted molar refractivity (Wildman–Crippen MR) is 63.8 cm³/mol. The van der Waals surface area contributed by atoms with Crippen LogP contribution in [0.2, 0.25) is 0 Å². The highest BCUT2D eigenvalue weighted by Gasteiger charge is 2.43. The van der Waals surface area contributed by atoms with Gasteiger partial charge in [-0.25, -0.2) is 0 Å². The lowest BCUT2D eigenvalue weighted by Gasteiger charge is -2.20. The molecule has 1 atom stereocenters. The number of Topliss-reactive ketones (excluding diaryl/α,β-unsaturated/α-hetero) is 1. The summed E-state index contributed by atoms with van der Waals surface area (Å²) in [5.74, 6) is -0.239. The van der Waals surface area contributed by atoms with E-state index in [1.165, 1.54) is 0 Å². The molecule has 1 aliphatic rings. The molecule has 0 saturated carbocycles. The number of ketones is 1. The molecule has 0 unspecified atom stereocenters. The van der Waals surface area contributed by atoms with E-state index < -0.39 is 5.41 Å². The van der Waals surface area contributed by atoms with Crippen LogP contribution in [0.3, 0.4) is 0 Å². The molecule has 1 aromatic carbocycles. The summed E-state index contributed by atoms with van der Waals surface area (Å²) in [7, 11) is 0. The van der Waals surface area contributed by atoms with Crippen LogP contribution >= 0.6 is 0 Å². The maximum absolute atomic E-state index is 12.3. The van der Waals surface area contributed by atoms with Gasteiger partial charge in [0.1, 0.15) is 0 Å². The lowest BCUT2D eigenvalue weighted by Crippen LogP contribution is -2.28. The van der Waals surface area contributed by atoms with Crippen LogP contribution in [0.1, 0.15) is 36.2 Å². The lowest BCUT2D eigenvalue weighted by atomic mass is 9.83. The number of carbonyl (C=O) groups excluding carboxylic acids is 2. The summed E-state index contributed by atoms with van der Waals surface area (Å²) in [5, 5.41) is 0. The van der Waals surface area contributed by atoms with E-state index in [9.17, 15) is 9.59 Å². The zero-order chi connectivity index (χ0) is 12.5. The monoisotopic (exact) mass is 232 g/mol. The highest BCUT2D eigenvalue weighted by atomic mass is 16.5. The van der Waals surface area contributed by atoms with Crippen LogP contribution in [0.25, 0.3) is 0 Å². The van der Waals surface area contributed by atoms with E-state index >= 15 is 0 Å². The predicted octanol–water partition coefficient (Wildman–Crippen LogP) is 2.38. The van der Waals surface area contributed by atoms with Gasteiger partial charge in [0.25, 0.3) is 0 Å². The van der Waals surface area contributed by atoms with Crippen molar-refractivity contribution in [2.75, 3.05) is 6.61 Å². The van der Waals surface area contributed by atoms with Crippen LogP contribution in [0.15, 0.2) is 24.3 Å². The minimum atomic E-state index is -0.629. The Bertz CT molecular complexity index is 464. The minimum Gasteiger partial charge on any atom is -0.466 e. The first-order valence-electron chi connectivity index (χ1n) is 5.85. The smallest absolute Gasteiger partial charge is 0.306 e. The third kappa shape index (κ3) is 2.09. The Morgan fingerprint density at radius 1 is 1.41 bits per heavy atom. The van der Waals surface area contributed by atoms with E-state index in [1.54, 1.807) is 6.92 Å². The molecule has 3 heteroatoms. The zero-order valence-corrected chi connectivity index (χ0v) is 10.2. The Morgan fingerprint density at radius 2 is 2.12 bits per heavy atom. The minimum absolute atomic E-state index is 0.0566. The average Bonchev–Trinajstić information content (AvgIpc) is 2.52. The molecule has 1 aliphatic carbocycles. The Balaban J connectivity index is 2.20. The van der Waals surface area contributed by atoms with Crippen molar-refractivity contribution in [3.8, 4) is 0 Å².